The lowest BCUT2D eigenvalue weighted by Gasteiger charge is -2.12. The van der Waals surface area contributed by atoms with Gasteiger partial charge in [-0.2, -0.15) is 0 Å². The van der Waals surface area contributed by atoms with Gasteiger partial charge in [0, 0.05) is 12.5 Å². The fourth-order valence-electron chi connectivity index (χ4n) is 0.998. The van der Waals surface area contributed by atoms with Crippen LogP contribution in [0.15, 0.2) is 35.3 Å². The minimum Gasteiger partial charge on any atom is -0.426 e. The number of amidine groups is 1. The van der Waals surface area contributed by atoms with Crippen LogP contribution in [0.2, 0.25) is 0 Å². The minimum atomic E-state index is -0.460. The standard InChI is InChI=1S/C10H13N3O2S2/c1-16-13(17-2)10(14)12-9(11)15-8-6-4-3-5-7-8/h3-7H,1-2H3,(H2,11,12,14). The zero-order valence-corrected chi connectivity index (χ0v) is 11.1. The fourth-order valence-corrected chi connectivity index (χ4v) is 1.99. The first-order valence-electron chi connectivity index (χ1n) is 4.66. The van der Waals surface area contributed by atoms with E-state index in [2.05, 4.69) is 4.99 Å². The number of hydrogen-bond acceptors (Lipinski definition) is 4. The van der Waals surface area contributed by atoms with Crippen molar-refractivity contribution in [3.8, 4) is 5.75 Å². The molecule has 2 N–H and O–H groups in total. The summed E-state index contributed by atoms with van der Waals surface area (Å²) >= 11 is 2.51. The topological polar surface area (TPSA) is 67.9 Å². The van der Waals surface area contributed by atoms with Crippen LogP contribution in [0, 0.1) is 0 Å². The number of nitrogens with zero attached hydrogens (tertiary/aromatic N) is 2. The lowest BCUT2D eigenvalue weighted by molar-refractivity contribution is 0.246. The Balaban J connectivity index is 2.63. The van der Waals surface area contributed by atoms with Crippen LogP contribution >= 0.6 is 23.9 Å². The molecule has 0 aliphatic heterocycles. The van der Waals surface area contributed by atoms with Crippen LogP contribution in [-0.4, -0.2) is 28.3 Å². The van der Waals surface area contributed by atoms with Gasteiger partial charge in [-0.1, -0.05) is 18.2 Å². The van der Waals surface area contributed by atoms with Gasteiger partial charge >= 0.3 is 6.03 Å². The van der Waals surface area contributed by atoms with Gasteiger partial charge in [-0.15, -0.1) is 4.99 Å². The van der Waals surface area contributed by atoms with Crippen molar-refractivity contribution in [2.75, 3.05) is 12.5 Å². The Morgan fingerprint density at radius 3 is 2.41 bits per heavy atom. The van der Waals surface area contributed by atoms with Crippen LogP contribution in [0.25, 0.3) is 0 Å². The lowest BCUT2D eigenvalue weighted by atomic mass is 10.3. The number of carbonyl (C=O) groups excluding carboxylic acids is 1. The number of hydrogen-bond donors (Lipinski definition) is 1. The van der Waals surface area contributed by atoms with E-state index in [-0.39, 0.29) is 6.02 Å². The van der Waals surface area contributed by atoms with Gasteiger partial charge in [0.2, 0.25) is 0 Å². The number of para-hydroxylation sites is 1. The molecule has 5 nitrogen and oxygen atoms in total. The molecule has 0 spiro atoms. The molecule has 0 aliphatic carbocycles. The highest BCUT2D eigenvalue weighted by molar-refractivity contribution is 8.12. The molecule has 1 aromatic carbocycles. The first kappa shape index (κ1) is 13.7. The number of rotatable bonds is 3. The molecule has 0 unspecified atom stereocenters. The monoisotopic (exact) mass is 271 g/mol. The van der Waals surface area contributed by atoms with Crippen molar-refractivity contribution in [1.82, 2.24) is 3.71 Å². The third-order valence-electron chi connectivity index (χ3n) is 1.66. The van der Waals surface area contributed by atoms with E-state index in [1.165, 1.54) is 27.6 Å². The normalized spacial score (nSPS) is 11.1. The van der Waals surface area contributed by atoms with Crippen LogP contribution in [-0.2, 0) is 0 Å². The summed E-state index contributed by atoms with van der Waals surface area (Å²) in [6.07, 6.45) is 3.55. The first-order valence-corrected chi connectivity index (χ1v) is 7.03. The van der Waals surface area contributed by atoms with Crippen LogP contribution in [0.5, 0.6) is 5.75 Å². The van der Waals surface area contributed by atoms with Crippen molar-refractivity contribution in [3.05, 3.63) is 30.3 Å². The highest BCUT2D eigenvalue weighted by Crippen LogP contribution is 2.17. The molecule has 0 aromatic heterocycles. The first-order chi connectivity index (χ1) is 8.17. The smallest absolute Gasteiger partial charge is 0.368 e. The molecule has 1 aromatic rings. The summed E-state index contributed by atoms with van der Waals surface area (Å²) in [5.74, 6) is 0.543. The molecule has 17 heavy (non-hydrogen) atoms. The predicted molar refractivity (Wildman–Crippen MR) is 73.0 cm³/mol. The Morgan fingerprint density at radius 2 is 1.88 bits per heavy atom. The molecule has 1 rings (SSSR count). The zero-order valence-electron chi connectivity index (χ0n) is 9.49. The zero-order chi connectivity index (χ0) is 12.7. The second-order valence-corrected chi connectivity index (χ2v) is 4.46. The maximum absolute atomic E-state index is 11.5. The largest absolute Gasteiger partial charge is 0.426 e. The van der Waals surface area contributed by atoms with Gasteiger partial charge in [-0.3, -0.25) is 0 Å². The fraction of sp³-hybridized carbons (Fsp3) is 0.200. The van der Waals surface area contributed by atoms with E-state index in [4.69, 9.17) is 10.5 Å². The molecule has 0 heterocycles. The lowest BCUT2D eigenvalue weighted by Crippen LogP contribution is -2.24. The van der Waals surface area contributed by atoms with Gasteiger partial charge in [0.05, 0.1) is 0 Å². The molecular weight excluding hydrogens is 258 g/mol. The molecule has 0 saturated carbocycles. The summed E-state index contributed by atoms with van der Waals surface area (Å²) in [4.78, 5) is 15.2. The summed E-state index contributed by atoms with van der Waals surface area (Å²) < 4.78 is 6.58. The van der Waals surface area contributed by atoms with Gasteiger partial charge in [-0.05, 0) is 36.0 Å². The highest BCUT2D eigenvalue weighted by atomic mass is 32.2. The summed E-state index contributed by atoms with van der Waals surface area (Å²) in [5, 5.41) is 0. The molecule has 0 aliphatic rings. The second-order valence-electron chi connectivity index (χ2n) is 2.77. The number of aliphatic imine (C=N–C) groups is 1. The number of carbonyl (C=O) groups is 1. The van der Waals surface area contributed by atoms with E-state index < -0.39 is 6.03 Å². The Kier molecular flexibility index (Phi) is 5.71. The molecule has 0 atom stereocenters. The minimum absolute atomic E-state index is 0.172. The Labute approximate surface area is 109 Å². The molecule has 7 heteroatoms. The Bertz CT molecular complexity index is 394. The summed E-state index contributed by atoms with van der Waals surface area (Å²) in [6.45, 7) is 0. The van der Waals surface area contributed by atoms with Gasteiger partial charge in [0.25, 0.3) is 6.02 Å². The molecule has 0 radical (unpaired) electrons. The molecule has 0 saturated heterocycles. The average Bonchev–Trinajstić information content (AvgIpc) is 2.31. The van der Waals surface area contributed by atoms with E-state index in [0.717, 1.165) is 0 Å². The van der Waals surface area contributed by atoms with Gasteiger partial charge in [0.15, 0.2) is 0 Å². The van der Waals surface area contributed by atoms with Crippen LogP contribution < -0.4 is 10.5 Å². The molecule has 0 fully saturated rings. The summed E-state index contributed by atoms with van der Waals surface area (Å²) in [5.41, 5.74) is 5.52. The van der Waals surface area contributed by atoms with Crippen molar-refractivity contribution >= 4 is 35.9 Å². The Hall–Kier alpha value is -1.34. The van der Waals surface area contributed by atoms with Gasteiger partial charge < -0.3 is 10.5 Å². The van der Waals surface area contributed by atoms with E-state index in [9.17, 15) is 4.79 Å². The van der Waals surface area contributed by atoms with Crippen molar-refractivity contribution in [2.24, 2.45) is 10.7 Å². The highest BCUT2D eigenvalue weighted by Gasteiger charge is 2.11. The van der Waals surface area contributed by atoms with Crippen LogP contribution in [0.3, 0.4) is 0 Å². The van der Waals surface area contributed by atoms with E-state index in [1.807, 2.05) is 6.07 Å². The number of amides is 2. The second kappa shape index (κ2) is 7.08. The third-order valence-corrected chi connectivity index (χ3v) is 3.53. The third kappa shape index (κ3) is 4.58. The SMILES string of the molecule is CSN(SC)C(=O)/N=C(\N)Oc1ccccc1. The van der Waals surface area contributed by atoms with Gasteiger partial charge in [0.1, 0.15) is 5.75 Å². The molecule has 92 valence electrons. The maximum Gasteiger partial charge on any atom is 0.368 e. The van der Waals surface area contributed by atoms with E-state index in [1.54, 1.807) is 36.8 Å². The number of nitrogens with two attached hydrogens (primary N) is 1. The number of benzene rings is 1. The molecule has 2 amide bonds. The van der Waals surface area contributed by atoms with Gasteiger partial charge in [-0.25, -0.2) is 8.51 Å². The van der Waals surface area contributed by atoms with E-state index >= 15 is 0 Å². The number of urea groups is 1. The maximum atomic E-state index is 11.5. The quantitative estimate of drug-likeness (QED) is 0.519. The van der Waals surface area contributed by atoms with E-state index in [0.29, 0.717) is 5.75 Å². The van der Waals surface area contributed by atoms with Crippen molar-refractivity contribution in [3.63, 3.8) is 0 Å². The van der Waals surface area contributed by atoms with Crippen LogP contribution in [0.4, 0.5) is 4.79 Å². The van der Waals surface area contributed by atoms with Crippen molar-refractivity contribution in [2.45, 2.75) is 0 Å². The molecular formula is C10H13N3O2S2. The average molecular weight is 271 g/mol. The molecule has 0 bridgehead atoms. The van der Waals surface area contributed by atoms with Crippen molar-refractivity contribution in [1.29, 1.82) is 0 Å². The summed E-state index contributed by atoms with van der Waals surface area (Å²) in [6, 6.07) is 8.30. The predicted octanol–water partition coefficient (Wildman–Crippen LogP) is 2.36. The van der Waals surface area contributed by atoms with Crippen molar-refractivity contribution < 1.29 is 9.53 Å². The van der Waals surface area contributed by atoms with Crippen LogP contribution in [0.1, 0.15) is 0 Å². The summed E-state index contributed by atoms with van der Waals surface area (Å²) in [7, 11) is 0. The number of ether oxygens (including phenoxy) is 1. The Morgan fingerprint density at radius 1 is 1.29 bits per heavy atom.